The molecule has 4 heterocycles. The average molecular weight is 633 g/mol. The van der Waals surface area contributed by atoms with E-state index < -0.39 is 23.8 Å². The summed E-state index contributed by atoms with van der Waals surface area (Å²) in [4.78, 5) is 54.6. The third-order valence-electron chi connectivity index (χ3n) is 8.65. The summed E-state index contributed by atoms with van der Waals surface area (Å²) in [7, 11) is 0. The normalized spacial score (nSPS) is 22.0. The van der Waals surface area contributed by atoms with Crippen LogP contribution in [0.5, 0.6) is 0 Å². The van der Waals surface area contributed by atoms with E-state index >= 15 is 0 Å². The number of unbranched alkanes of at least 4 members (excludes halogenated alkanes) is 1. The van der Waals surface area contributed by atoms with Gasteiger partial charge in [-0.2, -0.15) is 0 Å². The van der Waals surface area contributed by atoms with E-state index in [-0.39, 0.29) is 24.8 Å². The highest BCUT2D eigenvalue weighted by molar-refractivity contribution is 7.10. The fraction of sp³-hybridized carbons (Fsp3) is 0.412. The molecule has 2 atom stereocenters. The third-order valence-corrected chi connectivity index (χ3v) is 10.5. The van der Waals surface area contributed by atoms with E-state index in [1.165, 1.54) is 22.7 Å². The number of hydrogen-bond acceptors (Lipinski definition) is 10. The van der Waals surface area contributed by atoms with E-state index in [4.69, 9.17) is 9.47 Å². The second kappa shape index (κ2) is 13.1. The Balaban J connectivity index is 1.06. The predicted octanol–water partition coefficient (Wildman–Crippen LogP) is 6.31. The van der Waals surface area contributed by atoms with Crippen LogP contribution in [0.3, 0.4) is 0 Å². The van der Waals surface area contributed by atoms with E-state index in [2.05, 4.69) is 10.6 Å². The Morgan fingerprint density at radius 1 is 0.727 bits per heavy atom. The Bertz CT molecular complexity index is 1490. The number of dihydropyridines is 2. The maximum absolute atomic E-state index is 13.4. The van der Waals surface area contributed by atoms with Crippen LogP contribution in [0, 0.1) is 0 Å². The van der Waals surface area contributed by atoms with Crippen LogP contribution in [0.25, 0.3) is 0 Å². The van der Waals surface area contributed by atoms with Crippen LogP contribution in [-0.2, 0) is 28.7 Å². The number of hydrogen-bond donors (Lipinski definition) is 2. The van der Waals surface area contributed by atoms with E-state index in [1.54, 1.807) is 0 Å². The Labute approximate surface area is 264 Å². The first kappa shape index (κ1) is 30.3. The summed E-state index contributed by atoms with van der Waals surface area (Å²) >= 11 is 3.06. The van der Waals surface area contributed by atoms with Gasteiger partial charge in [-0.15, -0.1) is 22.7 Å². The fourth-order valence-corrected chi connectivity index (χ4v) is 8.36. The maximum Gasteiger partial charge on any atom is 0.336 e. The van der Waals surface area contributed by atoms with Crippen molar-refractivity contribution in [2.45, 2.75) is 77.0 Å². The Kier molecular flexibility index (Phi) is 9.00. The van der Waals surface area contributed by atoms with Crippen LogP contribution in [0.2, 0.25) is 0 Å². The molecule has 0 bridgehead atoms. The molecule has 6 rings (SSSR count). The lowest BCUT2D eigenvalue weighted by atomic mass is 9.78. The smallest absolute Gasteiger partial charge is 0.336 e. The Morgan fingerprint density at radius 2 is 1.16 bits per heavy atom. The molecule has 0 unspecified atom stereocenters. The van der Waals surface area contributed by atoms with Gasteiger partial charge in [0.15, 0.2) is 11.6 Å². The molecule has 0 fully saturated rings. The molecule has 0 radical (unpaired) electrons. The molecule has 2 N–H and O–H groups in total. The van der Waals surface area contributed by atoms with Crippen molar-refractivity contribution in [2.75, 3.05) is 13.2 Å². The van der Waals surface area contributed by atoms with Crippen molar-refractivity contribution >= 4 is 46.2 Å². The number of Topliss-reactive ketones (excluding diaryl/α,β-unsaturated/α-hetero) is 2. The van der Waals surface area contributed by atoms with Crippen molar-refractivity contribution in [1.29, 1.82) is 0 Å². The first-order chi connectivity index (χ1) is 21.3. The second-order valence-corrected chi connectivity index (χ2v) is 13.5. The highest BCUT2D eigenvalue weighted by Crippen LogP contribution is 2.45. The van der Waals surface area contributed by atoms with Gasteiger partial charge in [-0.25, -0.2) is 9.59 Å². The molecule has 0 saturated heterocycles. The molecule has 2 aromatic heterocycles. The van der Waals surface area contributed by atoms with E-state index in [0.717, 1.165) is 58.2 Å². The van der Waals surface area contributed by atoms with Gasteiger partial charge in [-0.05, 0) is 75.3 Å². The third kappa shape index (κ3) is 5.85. The summed E-state index contributed by atoms with van der Waals surface area (Å²) in [6.07, 6.45) is 5.17. The van der Waals surface area contributed by atoms with Crippen LogP contribution >= 0.6 is 22.7 Å². The first-order valence-electron chi connectivity index (χ1n) is 15.2. The second-order valence-electron chi connectivity index (χ2n) is 11.5. The molecule has 0 saturated carbocycles. The summed E-state index contributed by atoms with van der Waals surface area (Å²) in [6.45, 7) is 4.05. The predicted molar refractivity (Wildman–Crippen MR) is 169 cm³/mol. The van der Waals surface area contributed by atoms with E-state index in [1.807, 2.05) is 48.9 Å². The molecule has 4 aliphatic rings. The summed E-state index contributed by atoms with van der Waals surface area (Å²) in [5.41, 5.74) is 5.58. The first-order valence-corrected chi connectivity index (χ1v) is 17.0. The highest BCUT2D eigenvalue weighted by Gasteiger charge is 2.41. The van der Waals surface area contributed by atoms with Crippen LogP contribution in [-0.4, -0.2) is 36.7 Å². The van der Waals surface area contributed by atoms with Gasteiger partial charge in [0.05, 0.1) is 36.2 Å². The average Bonchev–Trinajstić information content (AvgIpc) is 3.73. The summed E-state index contributed by atoms with van der Waals surface area (Å²) in [5.74, 6) is -1.56. The molecule has 0 amide bonds. The number of nitrogens with one attached hydrogen (secondary N) is 2. The van der Waals surface area contributed by atoms with Gasteiger partial charge >= 0.3 is 11.9 Å². The molecule has 2 aliphatic heterocycles. The maximum atomic E-state index is 13.4. The molecule has 0 aromatic carbocycles. The Hall–Kier alpha value is -3.76. The molecular formula is C34H36N2O6S2. The van der Waals surface area contributed by atoms with Crippen LogP contribution in [0.15, 0.2) is 80.1 Å². The van der Waals surface area contributed by atoms with E-state index in [9.17, 15) is 19.2 Å². The summed E-state index contributed by atoms with van der Waals surface area (Å²) in [5, 5.41) is 10.5. The van der Waals surface area contributed by atoms with Crippen molar-refractivity contribution in [1.82, 2.24) is 10.6 Å². The van der Waals surface area contributed by atoms with Gasteiger partial charge in [-0.3, -0.25) is 9.59 Å². The monoisotopic (exact) mass is 632 g/mol. The van der Waals surface area contributed by atoms with Crippen molar-refractivity contribution in [3.63, 3.8) is 0 Å². The number of esters is 2. The standard InChI is InChI=1S/C34H36N2O6S2/c1-19-27(31(25-13-7-17-43-25)29-21(35-19)9-5-11-23(29)37)33(39)41-15-3-4-16-42-34(40)28-20(2)36-22-10-6-12-24(38)30(22)32(28)26-14-8-18-44-26/h7-8,13-14,17-18,31-32,35-36H,3-6,9-12,15-16H2,1-2H3/t31-,32-/m0/s1. The Morgan fingerprint density at radius 3 is 1.55 bits per heavy atom. The largest absolute Gasteiger partial charge is 0.462 e. The molecule has 10 heteroatoms. The van der Waals surface area contributed by atoms with Crippen LogP contribution in [0.4, 0.5) is 0 Å². The SMILES string of the molecule is CC1=C(C(=O)OCCCCOC(=O)C2=C(C)NC3=C(C(=O)CCC3)[C@H]2c2cccs2)[C@H](c2cccs2)C2=C(CCCC2=O)N1. The number of ketones is 2. The van der Waals surface area contributed by atoms with Crippen LogP contribution in [0.1, 0.15) is 86.8 Å². The van der Waals surface area contributed by atoms with Crippen molar-refractivity contribution in [3.8, 4) is 0 Å². The number of ether oxygens (including phenoxy) is 2. The number of thiophene rings is 2. The minimum Gasteiger partial charge on any atom is -0.462 e. The molecule has 2 aromatic rings. The topological polar surface area (TPSA) is 111 Å². The lowest BCUT2D eigenvalue weighted by molar-refractivity contribution is -0.142. The minimum atomic E-state index is -0.440. The molecule has 2 aliphatic carbocycles. The van der Waals surface area contributed by atoms with Gasteiger partial charge in [0.2, 0.25) is 0 Å². The van der Waals surface area contributed by atoms with Gasteiger partial charge < -0.3 is 20.1 Å². The van der Waals surface area contributed by atoms with Crippen molar-refractivity contribution in [3.05, 3.63) is 89.9 Å². The number of allylic oxidation sites excluding steroid dienone is 6. The van der Waals surface area contributed by atoms with Crippen molar-refractivity contribution < 1.29 is 28.7 Å². The molecule has 8 nitrogen and oxygen atoms in total. The minimum absolute atomic E-state index is 0.0805. The fourth-order valence-electron chi connectivity index (χ4n) is 6.68. The van der Waals surface area contributed by atoms with Gasteiger partial charge in [0.25, 0.3) is 0 Å². The molecule has 230 valence electrons. The molecule has 44 heavy (non-hydrogen) atoms. The van der Waals surface area contributed by atoms with Gasteiger partial charge in [0.1, 0.15) is 0 Å². The number of rotatable bonds is 9. The van der Waals surface area contributed by atoms with Gasteiger partial charge in [-0.1, -0.05) is 12.1 Å². The lowest BCUT2D eigenvalue weighted by Gasteiger charge is -2.33. The molecular weight excluding hydrogens is 597 g/mol. The lowest BCUT2D eigenvalue weighted by Crippen LogP contribution is -2.34. The van der Waals surface area contributed by atoms with Crippen LogP contribution < -0.4 is 10.6 Å². The quantitative estimate of drug-likeness (QED) is 0.244. The highest BCUT2D eigenvalue weighted by atomic mass is 32.1. The summed E-state index contributed by atoms with van der Waals surface area (Å²) < 4.78 is 11.4. The number of carbonyl (C=O) groups is 4. The number of carbonyl (C=O) groups excluding carboxylic acids is 4. The van der Waals surface area contributed by atoms with Gasteiger partial charge in [0, 0.05) is 56.5 Å². The van der Waals surface area contributed by atoms with E-state index in [0.29, 0.717) is 48.0 Å². The summed E-state index contributed by atoms with van der Waals surface area (Å²) in [6, 6.07) is 7.79. The molecule has 0 spiro atoms. The zero-order chi connectivity index (χ0) is 30.8. The zero-order valence-corrected chi connectivity index (χ0v) is 26.6. The van der Waals surface area contributed by atoms with Crippen molar-refractivity contribution in [2.24, 2.45) is 0 Å². The zero-order valence-electron chi connectivity index (χ0n) is 25.0.